The fourth-order valence-corrected chi connectivity index (χ4v) is 4.15. The molecule has 1 aromatic heterocycles. The van der Waals surface area contributed by atoms with E-state index in [4.69, 9.17) is 9.47 Å². The smallest absolute Gasteiger partial charge is 0.308 e. The van der Waals surface area contributed by atoms with Crippen LogP contribution < -0.4 is 14.9 Å². The molecule has 0 radical (unpaired) electrons. The van der Waals surface area contributed by atoms with Crippen molar-refractivity contribution in [3.63, 3.8) is 0 Å². The number of hydrazone groups is 1. The third-order valence-corrected chi connectivity index (χ3v) is 6.19. The van der Waals surface area contributed by atoms with Crippen molar-refractivity contribution in [2.24, 2.45) is 5.10 Å². The van der Waals surface area contributed by atoms with Crippen molar-refractivity contribution in [3.8, 4) is 22.9 Å². The van der Waals surface area contributed by atoms with Crippen LogP contribution in [-0.4, -0.2) is 45.7 Å². The molecule has 0 fully saturated rings. The zero-order chi connectivity index (χ0) is 26.3. The fraction of sp³-hybridized carbons (Fsp3) is 0.346. The summed E-state index contributed by atoms with van der Waals surface area (Å²) in [5.41, 5.74) is 5.48. The molecule has 1 heterocycles. The van der Waals surface area contributed by atoms with Crippen LogP contribution in [0.4, 0.5) is 0 Å². The first-order chi connectivity index (χ1) is 17.1. The zero-order valence-corrected chi connectivity index (χ0v) is 22.2. The van der Waals surface area contributed by atoms with Gasteiger partial charge in [-0.1, -0.05) is 56.8 Å². The van der Waals surface area contributed by atoms with E-state index in [1.165, 1.54) is 37.6 Å². The van der Waals surface area contributed by atoms with Gasteiger partial charge in [-0.15, -0.1) is 10.2 Å². The van der Waals surface area contributed by atoms with E-state index in [0.717, 1.165) is 11.4 Å². The lowest BCUT2D eigenvalue weighted by molar-refractivity contribution is -0.132. The summed E-state index contributed by atoms with van der Waals surface area (Å²) in [5, 5.41) is 13.3. The molecule has 0 aliphatic rings. The van der Waals surface area contributed by atoms with Crippen LogP contribution in [-0.2, 0) is 21.5 Å². The zero-order valence-electron chi connectivity index (χ0n) is 21.4. The number of rotatable bonds is 9. The van der Waals surface area contributed by atoms with Gasteiger partial charge in [-0.05, 0) is 41.7 Å². The summed E-state index contributed by atoms with van der Waals surface area (Å²) in [7, 11) is 1.48. The van der Waals surface area contributed by atoms with Crippen LogP contribution in [0.25, 0.3) is 11.4 Å². The van der Waals surface area contributed by atoms with Crippen molar-refractivity contribution < 1.29 is 19.1 Å². The van der Waals surface area contributed by atoms with Gasteiger partial charge in [-0.3, -0.25) is 9.59 Å². The Bertz CT molecular complexity index is 1250. The van der Waals surface area contributed by atoms with Crippen molar-refractivity contribution >= 4 is 29.9 Å². The van der Waals surface area contributed by atoms with Gasteiger partial charge in [0.15, 0.2) is 22.5 Å². The molecule has 0 spiro atoms. The van der Waals surface area contributed by atoms with Gasteiger partial charge >= 0.3 is 5.97 Å². The number of ether oxygens (including phenoxy) is 2. The second-order valence-electron chi connectivity index (χ2n) is 8.96. The van der Waals surface area contributed by atoms with Crippen LogP contribution in [0.5, 0.6) is 11.5 Å². The average Bonchev–Trinajstić information content (AvgIpc) is 3.25. The highest BCUT2D eigenvalue weighted by Crippen LogP contribution is 2.28. The Hall–Kier alpha value is -3.66. The number of carbonyl (C=O) groups is 2. The van der Waals surface area contributed by atoms with Crippen LogP contribution >= 0.6 is 11.8 Å². The molecule has 0 saturated heterocycles. The van der Waals surface area contributed by atoms with Crippen LogP contribution in [0.15, 0.2) is 52.7 Å². The summed E-state index contributed by atoms with van der Waals surface area (Å²) >= 11 is 1.30. The Morgan fingerprint density at radius 3 is 2.44 bits per heavy atom. The normalized spacial score (nSPS) is 11.5. The molecule has 1 amide bonds. The second-order valence-corrected chi connectivity index (χ2v) is 9.91. The minimum atomic E-state index is -0.441. The number of esters is 1. The number of methoxy groups -OCH3 is 1. The Labute approximate surface area is 215 Å². The van der Waals surface area contributed by atoms with Crippen molar-refractivity contribution in [2.75, 3.05) is 12.9 Å². The number of hydrogen-bond donors (Lipinski definition) is 1. The Kier molecular flexibility index (Phi) is 8.87. The average molecular weight is 510 g/mol. The van der Waals surface area contributed by atoms with Gasteiger partial charge in [0.05, 0.1) is 19.1 Å². The van der Waals surface area contributed by atoms with Gasteiger partial charge in [0, 0.05) is 19.0 Å². The molecule has 10 heteroatoms. The molecular formula is C26H31N5O4S. The maximum atomic E-state index is 12.3. The predicted octanol–water partition coefficient (Wildman–Crippen LogP) is 4.44. The molecule has 36 heavy (non-hydrogen) atoms. The van der Waals surface area contributed by atoms with Gasteiger partial charge in [0.25, 0.3) is 5.91 Å². The van der Waals surface area contributed by atoms with E-state index < -0.39 is 5.97 Å². The number of hydrogen-bond acceptors (Lipinski definition) is 8. The molecule has 0 aliphatic heterocycles. The number of aromatic nitrogens is 3. The molecular weight excluding hydrogens is 478 g/mol. The van der Waals surface area contributed by atoms with Gasteiger partial charge in [-0.2, -0.15) is 5.10 Å². The highest BCUT2D eigenvalue weighted by Gasteiger charge is 2.17. The SMILES string of the molecule is CCn1c(SCC(=O)N/N=C/c2ccc(OC(C)=O)c(OC)c2)nnc1-c1ccc(C(C)(C)C)cc1. The molecule has 0 bridgehead atoms. The first-order valence-corrected chi connectivity index (χ1v) is 12.5. The summed E-state index contributed by atoms with van der Waals surface area (Å²) in [4.78, 5) is 23.5. The van der Waals surface area contributed by atoms with E-state index in [0.29, 0.717) is 28.8 Å². The van der Waals surface area contributed by atoms with Crippen LogP contribution in [0, 0.1) is 0 Å². The highest BCUT2D eigenvalue weighted by atomic mass is 32.2. The number of benzene rings is 2. The lowest BCUT2D eigenvalue weighted by Gasteiger charge is -2.19. The molecule has 0 unspecified atom stereocenters. The van der Waals surface area contributed by atoms with Crippen LogP contribution in [0.1, 0.15) is 45.7 Å². The molecule has 0 saturated carbocycles. The molecule has 0 atom stereocenters. The Morgan fingerprint density at radius 1 is 1.11 bits per heavy atom. The summed E-state index contributed by atoms with van der Waals surface area (Å²) in [5.74, 6) is 0.883. The van der Waals surface area contributed by atoms with E-state index in [2.05, 4.69) is 65.8 Å². The highest BCUT2D eigenvalue weighted by molar-refractivity contribution is 7.99. The van der Waals surface area contributed by atoms with Gasteiger partial charge < -0.3 is 14.0 Å². The largest absolute Gasteiger partial charge is 0.493 e. The van der Waals surface area contributed by atoms with Crippen molar-refractivity contribution in [3.05, 3.63) is 53.6 Å². The standard InChI is InChI=1S/C26H31N5O4S/c1-7-31-24(19-9-11-20(12-10-19)26(3,4)5)29-30-25(31)36-16-23(33)28-27-15-18-8-13-21(35-17(2)32)22(14-18)34-6/h8-15H,7,16H2,1-6H3,(H,28,33)/b27-15+. The quantitative estimate of drug-likeness (QED) is 0.149. The fourth-order valence-electron chi connectivity index (χ4n) is 3.36. The third-order valence-electron chi connectivity index (χ3n) is 5.22. The van der Waals surface area contributed by atoms with E-state index in [9.17, 15) is 9.59 Å². The van der Waals surface area contributed by atoms with Crippen molar-refractivity contribution in [2.45, 2.75) is 51.7 Å². The third kappa shape index (κ3) is 6.94. The maximum absolute atomic E-state index is 12.3. The van der Waals surface area contributed by atoms with Gasteiger partial charge in [0.2, 0.25) is 0 Å². The predicted molar refractivity (Wildman–Crippen MR) is 141 cm³/mol. The van der Waals surface area contributed by atoms with Crippen molar-refractivity contribution in [1.29, 1.82) is 0 Å². The number of thioether (sulfide) groups is 1. The number of nitrogens with one attached hydrogen (secondary N) is 1. The minimum Gasteiger partial charge on any atom is -0.493 e. The minimum absolute atomic E-state index is 0.0766. The molecule has 9 nitrogen and oxygen atoms in total. The first kappa shape index (κ1) is 26.9. The molecule has 0 aliphatic carbocycles. The van der Waals surface area contributed by atoms with E-state index >= 15 is 0 Å². The lowest BCUT2D eigenvalue weighted by atomic mass is 9.87. The monoisotopic (exact) mass is 509 g/mol. The molecule has 3 rings (SSSR count). The van der Waals surface area contributed by atoms with E-state index in [-0.39, 0.29) is 17.1 Å². The number of carbonyl (C=O) groups excluding carboxylic acids is 2. The Balaban J connectivity index is 1.60. The topological polar surface area (TPSA) is 108 Å². The number of nitrogens with zero attached hydrogens (tertiary/aromatic N) is 4. The molecule has 1 N–H and O–H groups in total. The molecule has 2 aromatic carbocycles. The lowest BCUT2D eigenvalue weighted by Crippen LogP contribution is -2.20. The summed E-state index contributed by atoms with van der Waals surface area (Å²) in [6.45, 7) is 10.6. The van der Waals surface area contributed by atoms with Crippen molar-refractivity contribution in [1.82, 2.24) is 20.2 Å². The van der Waals surface area contributed by atoms with Gasteiger partial charge in [-0.25, -0.2) is 5.43 Å². The molecule has 3 aromatic rings. The molecule has 190 valence electrons. The van der Waals surface area contributed by atoms with Crippen LogP contribution in [0.2, 0.25) is 0 Å². The Morgan fingerprint density at radius 2 is 1.83 bits per heavy atom. The van der Waals surface area contributed by atoms with Crippen LogP contribution in [0.3, 0.4) is 0 Å². The summed E-state index contributed by atoms with van der Waals surface area (Å²) in [6, 6.07) is 13.3. The maximum Gasteiger partial charge on any atom is 0.308 e. The second kappa shape index (κ2) is 11.9. The van der Waals surface area contributed by atoms with E-state index in [1.54, 1.807) is 18.2 Å². The number of amides is 1. The summed E-state index contributed by atoms with van der Waals surface area (Å²) < 4.78 is 12.3. The summed E-state index contributed by atoms with van der Waals surface area (Å²) in [6.07, 6.45) is 1.48. The van der Waals surface area contributed by atoms with Gasteiger partial charge in [0.1, 0.15) is 0 Å². The van der Waals surface area contributed by atoms with E-state index in [1.807, 2.05) is 11.5 Å². The first-order valence-electron chi connectivity index (χ1n) is 11.5.